The smallest absolute Gasteiger partial charge is 0.0713 e. The fraction of sp³-hybridized carbons (Fsp3) is 0.0141. The van der Waals surface area contributed by atoms with Gasteiger partial charge < -0.3 is 9.47 Å². The van der Waals surface area contributed by atoms with Crippen molar-refractivity contribution in [2.45, 2.75) is 5.41 Å². The van der Waals surface area contributed by atoms with E-state index in [1.165, 1.54) is 108 Å². The van der Waals surface area contributed by atoms with Crippen molar-refractivity contribution in [3.63, 3.8) is 0 Å². The minimum absolute atomic E-state index is 0.462. The zero-order valence-electron chi connectivity index (χ0n) is 40.4. The molecule has 3 heteroatoms. The second-order valence-electron chi connectivity index (χ2n) is 19.5. The molecule has 0 unspecified atom stereocenters. The van der Waals surface area contributed by atoms with Crippen LogP contribution >= 0.6 is 11.3 Å². The van der Waals surface area contributed by atoms with E-state index < -0.39 is 5.41 Å². The summed E-state index contributed by atoms with van der Waals surface area (Å²) in [5, 5.41) is 7.54. The number of hydrogen-bond donors (Lipinski definition) is 0. The van der Waals surface area contributed by atoms with E-state index in [9.17, 15) is 0 Å². The highest BCUT2D eigenvalue weighted by Crippen LogP contribution is 2.58. The molecule has 0 bridgehead atoms. The summed E-state index contributed by atoms with van der Waals surface area (Å²) in [6.45, 7) is 0. The van der Waals surface area contributed by atoms with Gasteiger partial charge in [0.05, 0.1) is 22.1 Å². The molecule has 0 N–H and O–H groups in total. The van der Waals surface area contributed by atoms with Gasteiger partial charge in [0.25, 0.3) is 0 Å². The number of aromatic nitrogens is 1. The molecule has 0 atom stereocenters. The molecule has 0 radical (unpaired) electrons. The Morgan fingerprint density at radius 3 is 1.69 bits per heavy atom. The molecule has 14 aromatic rings. The van der Waals surface area contributed by atoms with Crippen molar-refractivity contribution in [1.29, 1.82) is 0 Å². The second kappa shape index (κ2) is 16.9. The van der Waals surface area contributed by atoms with Gasteiger partial charge in [-0.3, -0.25) is 0 Å². The van der Waals surface area contributed by atoms with E-state index >= 15 is 0 Å². The van der Waals surface area contributed by atoms with Crippen molar-refractivity contribution >= 4 is 81.1 Å². The standard InChI is InChI=1S/C71H46N2S/c1-4-19-51(20-5-1)71(52-21-6-2-7-22-52)62-29-14-12-26-60(62)68-56(28-16-30-63(68)71)49-36-42-55(43-37-49)72(64-31-17-33-67-69(64)61-27-13-15-32-66(61)74-67)54-40-34-47(35-41-54)50-39-44-58-59-45-38-48-18-10-11-25-57(48)70(59)73(65(58)46-50)53-23-8-3-9-24-53/h1-46H. The SMILES string of the molecule is c1ccc(-n2c3cc(-c4ccc(N(c5ccc(-c6cccc7c6-c6ccccc6C7(c6ccccc6)c6ccccc6)cc5)c5cccc6sc7ccccc7c56)cc4)ccc3c3ccc4ccccc4c32)cc1. The van der Waals surface area contributed by atoms with Gasteiger partial charge in [-0.1, -0.05) is 218 Å². The first-order valence-corrected chi connectivity index (χ1v) is 26.3. The number of para-hydroxylation sites is 1. The molecular formula is C71H46N2S. The summed E-state index contributed by atoms with van der Waals surface area (Å²) in [5.74, 6) is 0. The molecular weight excluding hydrogens is 913 g/mol. The van der Waals surface area contributed by atoms with Crippen LogP contribution in [0.5, 0.6) is 0 Å². The Balaban J connectivity index is 0.875. The number of rotatable bonds is 8. The summed E-state index contributed by atoms with van der Waals surface area (Å²) in [6, 6.07) is 103. The quantitative estimate of drug-likeness (QED) is 0.147. The zero-order valence-corrected chi connectivity index (χ0v) is 41.2. The Labute approximate surface area is 433 Å². The Morgan fingerprint density at radius 1 is 0.365 bits per heavy atom. The Kier molecular flexibility index (Phi) is 9.70. The van der Waals surface area contributed by atoms with Crippen molar-refractivity contribution in [3.8, 4) is 39.1 Å². The maximum absolute atomic E-state index is 2.46. The molecule has 0 amide bonds. The third-order valence-corrected chi connectivity index (χ3v) is 16.8. The highest BCUT2D eigenvalue weighted by Gasteiger charge is 2.46. The summed E-state index contributed by atoms with van der Waals surface area (Å²) in [6.07, 6.45) is 0. The van der Waals surface area contributed by atoms with Crippen LogP contribution < -0.4 is 4.90 Å². The molecule has 2 nitrogen and oxygen atoms in total. The molecule has 0 spiro atoms. The van der Waals surface area contributed by atoms with E-state index in [1.54, 1.807) is 0 Å². The van der Waals surface area contributed by atoms with Crippen LogP contribution in [0.15, 0.2) is 279 Å². The van der Waals surface area contributed by atoms with Crippen LogP contribution in [0.3, 0.4) is 0 Å². The molecule has 0 fully saturated rings. The molecule has 0 saturated carbocycles. The normalized spacial score (nSPS) is 12.7. The maximum Gasteiger partial charge on any atom is 0.0713 e. The zero-order chi connectivity index (χ0) is 48.7. The summed E-state index contributed by atoms with van der Waals surface area (Å²) < 4.78 is 5.01. The van der Waals surface area contributed by atoms with Crippen LogP contribution in [-0.4, -0.2) is 4.57 Å². The van der Waals surface area contributed by atoms with E-state index in [2.05, 4.69) is 289 Å². The molecule has 1 aliphatic rings. The fourth-order valence-electron chi connectivity index (χ4n) is 12.5. The van der Waals surface area contributed by atoms with Gasteiger partial charge in [-0.15, -0.1) is 11.3 Å². The predicted molar refractivity (Wildman–Crippen MR) is 314 cm³/mol. The molecule has 2 heterocycles. The van der Waals surface area contributed by atoms with E-state index in [0.717, 1.165) is 22.7 Å². The molecule has 15 rings (SSSR count). The number of nitrogens with zero attached hydrogens (tertiary/aromatic N) is 2. The molecule has 2 aromatic heterocycles. The van der Waals surface area contributed by atoms with E-state index in [-0.39, 0.29) is 0 Å². The average molecular weight is 959 g/mol. The van der Waals surface area contributed by atoms with Crippen molar-refractivity contribution in [3.05, 3.63) is 301 Å². The lowest BCUT2D eigenvalue weighted by molar-refractivity contribution is 0.768. The monoisotopic (exact) mass is 958 g/mol. The molecule has 0 aliphatic heterocycles. The van der Waals surface area contributed by atoms with Crippen molar-refractivity contribution < 1.29 is 0 Å². The van der Waals surface area contributed by atoms with Crippen LogP contribution in [0.2, 0.25) is 0 Å². The summed E-state index contributed by atoms with van der Waals surface area (Å²) in [4.78, 5) is 2.46. The number of hydrogen-bond acceptors (Lipinski definition) is 2. The summed E-state index contributed by atoms with van der Waals surface area (Å²) in [7, 11) is 0. The lowest BCUT2D eigenvalue weighted by Crippen LogP contribution is -2.28. The number of benzene rings is 12. The Morgan fingerprint density at radius 2 is 0.932 bits per heavy atom. The Hall–Kier alpha value is -9.28. The lowest BCUT2D eigenvalue weighted by Gasteiger charge is -2.34. The minimum atomic E-state index is -0.462. The van der Waals surface area contributed by atoms with Crippen molar-refractivity contribution in [2.24, 2.45) is 0 Å². The topological polar surface area (TPSA) is 8.17 Å². The van der Waals surface area contributed by atoms with Gasteiger partial charge in [-0.2, -0.15) is 0 Å². The average Bonchev–Trinajstić information content (AvgIpc) is 4.15. The number of fused-ring (bicyclic) bond motifs is 11. The van der Waals surface area contributed by atoms with Gasteiger partial charge in [0.2, 0.25) is 0 Å². The molecule has 346 valence electrons. The van der Waals surface area contributed by atoms with Crippen molar-refractivity contribution in [2.75, 3.05) is 4.90 Å². The molecule has 74 heavy (non-hydrogen) atoms. The highest BCUT2D eigenvalue weighted by atomic mass is 32.1. The van der Waals surface area contributed by atoms with E-state index in [4.69, 9.17) is 0 Å². The molecule has 1 aliphatic carbocycles. The first kappa shape index (κ1) is 42.4. The largest absolute Gasteiger partial charge is 0.310 e. The fourth-order valence-corrected chi connectivity index (χ4v) is 13.6. The third kappa shape index (κ3) is 6.37. The summed E-state index contributed by atoms with van der Waals surface area (Å²) in [5.41, 5.74) is 19.0. The van der Waals surface area contributed by atoms with Gasteiger partial charge in [0.1, 0.15) is 0 Å². The maximum atomic E-state index is 2.46. The molecule has 0 saturated heterocycles. The van der Waals surface area contributed by atoms with Gasteiger partial charge >= 0.3 is 0 Å². The molecule has 12 aromatic carbocycles. The predicted octanol–water partition coefficient (Wildman–Crippen LogP) is 19.5. The van der Waals surface area contributed by atoms with Gasteiger partial charge in [0, 0.05) is 53.4 Å². The first-order chi connectivity index (χ1) is 36.7. The van der Waals surface area contributed by atoms with Crippen LogP contribution in [0.1, 0.15) is 22.3 Å². The van der Waals surface area contributed by atoms with E-state index in [1.807, 2.05) is 11.3 Å². The highest BCUT2D eigenvalue weighted by molar-refractivity contribution is 7.26. The van der Waals surface area contributed by atoms with Crippen LogP contribution in [0.25, 0.3) is 91.8 Å². The Bertz CT molecular complexity index is 4420. The lowest BCUT2D eigenvalue weighted by atomic mass is 9.67. The first-order valence-electron chi connectivity index (χ1n) is 25.5. The van der Waals surface area contributed by atoms with Gasteiger partial charge in [0.15, 0.2) is 0 Å². The summed E-state index contributed by atoms with van der Waals surface area (Å²) >= 11 is 1.86. The van der Waals surface area contributed by atoms with Gasteiger partial charge in [-0.25, -0.2) is 0 Å². The minimum Gasteiger partial charge on any atom is -0.310 e. The van der Waals surface area contributed by atoms with Crippen molar-refractivity contribution in [1.82, 2.24) is 4.57 Å². The number of thiophene rings is 1. The van der Waals surface area contributed by atoms with Crippen LogP contribution in [0.4, 0.5) is 17.1 Å². The number of anilines is 3. The van der Waals surface area contributed by atoms with Crippen LogP contribution in [-0.2, 0) is 5.41 Å². The second-order valence-corrected chi connectivity index (χ2v) is 20.6. The van der Waals surface area contributed by atoms with Gasteiger partial charge in [-0.05, 0) is 122 Å². The van der Waals surface area contributed by atoms with Crippen LogP contribution in [0, 0.1) is 0 Å². The third-order valence-electron chi connectivity index (χ3n) is 15.7. The van der Waals surface area contributed by atoms with E-state index in [0.29, 0.717) is 0 Å².